The number of para-hydroxylation sites is 1. The summed E-state index contributed by atoms with van der Waals surface area (Å²) in [4.78, 5) is 0. The number of benzene rings is 1. The Kier molecular flexibility index (Phi) is 5.53. The maximum atomic E-state index is 13.1. The molecule has 1 unspecified atom stereocenters. The van der Waals surface area contributed by atoms with E-state index in [-0.39, 0.29) is 5.75 Å². The number of ether oxygens (including phenoxy) is 1. The lowest BCUT2D eigenvalue weighted by molar-refractivity contribution is 0.0247. The molecule has 4 nitrogen and oxygen atoms in total. The number of phenolic OH excluding ortho intramolecular Hbond substituents is 1. The van der Waals surface area contributed by atoms with Gasteiger partial charge in [-0.15, -0.1) is 0 Å². The third-order valence-electron chi connectivity index (χ3n) is 2.74. The van der Waals surface area contributed by atoms with Crippen molar-refractivity contribution in [3.05, 3.63) is 29.6 Å². The van der Waals surface area contributed by atoms with Gasteiger partial charge in [-0.3, -0.25) is 0 Å². The van der Waals surface area contributed by atoms with Crippen molar-refractivity contribution in [2.75, 3.05) is 20.3 Å². The second-order valence-electron chi connectivity index (χ2n) is 4.59. The highest BCUT2D eigenvalue weighted by Gasteiger charge is 2.19. The van der Waals surface area contributed by atoms with Crippen molar-refractivity contribution in [3.8, 4) is 5.75 Å². The molecule has 0 saturated carbocycles. The molecule has 0 aromatic heterocycles. The molecule has 102 valence electrons. The molecule has 0 fully saturated rings. The minimum absolute atomic E-state index is 0.298. The molecular weight excluding hydrogens is 237 g/mol. The van der Waals surface area contributed by atoms with Gasteiger partial charge in [0.25, 0.3) is 0 Å². The lowest BCUT2D eigenvalue weighted by atomic mass is 10.0. The van der Waals surface area contributed by atoms with Crippen LogP contribution in [0.25, 0.3) is 0 Å². The van der Waals surface area contributed by atoms with E-state index in [1.54, 1.807) is 20.1 Å². The van der Waals surface area contributed by atoms with E-state index >= 15 is 0 Å². The fourth-order valence-corrected chi connectivity index (χ4v) is 1.58. The van der Waals surface area contributed by atoms with E-state index < -0.39 is 11.4 Å². The Morgan fingerprint density at radius 1 is 1.44 bits per heavy atom. The summed E-state index contributed by atoms with van der Waals surface area (Å²) in [7, 11) is 1.58. The largest absolute Gasteiger partial charge is 0.505 e. The number of methoxy groups -OCH3 is 1. The maximum Gasteiger partial charge on any atom is 0.165 e. The number of rotatable bonds is 7. The van der Waals surface area contributed by atoms with Gasteiger partial charge in [0.2, 0.25) is 0 Å². The summed E-state index contributed by atoms with van der Waals surface area (Å²) in [6.07, 6.45) is 0.506. The van der Waals surface area contributed by atoms with Crippen molar-refractivity contribution < 1.29 is 19.3 Å². The van der Waals surface area contributed by atoms with Crippen LogP contribution < -0.4 is 5.32 Å². The molecule has 1 aromatic rings. The van der Waals surface area contributed by atoms with E-state index in [1.807, 2.05) is 0 Å². The van der Waals surface area contributed by atoms with Crippen LogP contribution in [0.4, 0.5) is 4.39 Å². The third-order valence-corrected chi connectivity index (χ3v) is 2.74. The van der Waals surface area contributed by atoms with Gasteiger partial charge in [0.05, 0.1) is 5.60 Å². The zero-order valence-electron chi connectivity index (χ0n) is 10.7. The first-order chi connectivity index (χ1) is 8.46. The summed E-state index contributed by atoms with van der Waals surface area (Å²) in [6, 6.07) is 4.37. The van der Waals surface area contributed by atoms with Crippen molar-refractivity contribution in [1.82, 2.24) is 5.32 Å². The molecule has 3 N–H and O–H groups in total. The lowest BCUT2D eigenvalue weighted by Gasteiger charge is -2.23. The summed E-state index contributed by atoms with van der Waals surface area (Å²) in [5, 5.41) is 22.4. The van der Waals surface area contributed by atoms with Crippen molar-refractivity contribution >= 4 is 0 Å². The molecule has 1 aromatic carbocycles. The summed E-state index contributed by atoms with van der Waals surface area (Å²) in [5.41, 5.74) is -0.420. The van der Waals surface area contributed by atoms with Gasteiger partial charge in [-0.05, 0) is 13.0 Å². The van der Waals surface area contributed by atoms with Crippen LogP contribution in [0.15, 0.2) is 18.2 Å². The topological polar surface area (TPSA) is 61.7 Å². The van der Waals surface area contributed by atoms with Crippen LogP contribution >= 0.6 is 0 Å². The molecule has 0 aliphatic rings. The van der Waals surface area contributed by atoms with Crippen LogP contribution in [0.5, 0.6) is 5.75 Å². The zero-order chi connectivity index (χ0) is 13.6. The van der Waals surface area contributed by atoms with Crippen molar-refractivity contribution in [2.24, 2.45) is 0 Å². The Morgan fingerprint density at radius 2 is 2.17 bits per heavy atom. The predicted molar refractivity (Wildman–Crippen MR) is 66.9 cm³/mol. The molecule has 1 atom stereocenters. The molecule has 0 radical (unpaired) electrons. The fourth-order valence-electron chi connectivity index (χ4n) is 1.58. The minimum Gasteiger partial charge on any atom is -0.505 e. The summed E-state index contributed by atoms with van der Waals surface area (Å²) in [5.74, 6) is -0.984. The molecule has 0 saturated heterocycles. The number of halogens is 1. The van der Waals surface area contributed by atoms with Crippen LogP contribution in [0, 0.1) is 5.82 Å². The van der Waals surface area contributed by atoms with Gasteiger partial charge in [0.1, 0.15) is 0 Å². The average molecular weight is 257 g/mol. The average Bonchev–Trinajstić information content (AvgIpc) is 2.32. The van der Waals surface area contributed by atoms with E-state index in [1.165, 1.54) is 12.1 Å². The molecule has 0 amide bonds. The highest BCUT2D eigenvalue weighted by molar-refractivity contribution is 5.33. The van der Waals surface area contributed by atoms with Gasteiger partial charge in [-0.25, -0.2) is 4.39 Å². The maximum absolute atomic E-state index is 13.1. The number of nitrogens with one attached hydrogen (secondary N) is 1. The van der Waals surface area contributed by atoms with Crippen LogP contribution in [0.1, 0.15) is 18.9 Å². The van der Waals surface area contributed by atoms with E-state index in [9.17, 15) is 14.6 Å². The van der Waals surface area contributed by atoms with Crippen molar-refractivity contribution in [3.63, 3.8) is 0 Å². The molecule has 5 heteroatoms. The minimum atomic E-state index is -0.890. The normalized spacial score (nSPS) is 14.4. The smallest absolute Gasteiger partial charge is 0.165 e. The molecule has 0 bridgehead atoms. The summed E-state index contributed by atoms with van der Waals surface area (Å²) >= 11 is 0. The van der Waals surface area contributed by atoms with E-state index in [4.69, 9.17) is 4.74 Å². The van der Waals surface area contributed by atoms with Crippen molar-refractivity contribution in [2.45, 2.75) is 25.5 Å². The van der Waals surface area contributed by atoms with E-state index in [0.717, 1.165) is 0 Å². The Morgan fingerprint density at radius 3 is 2.83 bits per heavy atom. The third kappa shape index (κ3) is 4.60. The molecule has 1 rings (SSSR count). The number of hydrogen-bond acceptors (Lipinski definition) is 4. The molecule has 0 aliphatic carbocycles. The number of aromatic hydroxyl groups is 1. The van der Waals surface area contributed by atoms with Gasteiger partial charge in [0.15, 0.2) is 11.6 Å². The number of hydrogen-bond donors (Lipinski definition) is 3. The molecule has 0 aliphatic heterocycles. The monoisotopic (exact) mass is 257 g/mol. The Bertz CT molecular complexity index is 382. The van der Waals surface area contributed by atoms with Gasteiger partial charge < -0.3 is 20.3 Å². The SMILES string of the molecule is COCCC(C)(O)CNCc1cccc(F)c1O. The Labute approximate surface area is 106 Å². The Hall–Kier alpha value is -1.17. The number of aliphatic hydroxyl groups is 1. The first-order valence-corrected chi connectivity index (χ1v) is 5.84. The summed E-state index contributed by atoms with van der Waals surface area (Å²) < 4.78 is 18.0. The fraction of sp³-hybridized carbons (Fsp3) is 0.538. The standard InChI is InChI=1S/C13H20FNO3/c1-13(17,6-7-18-2)9-15-8-10-4-3-5-11(14)12(10)16/h3-5,15-17H,6-9H2,1-2H3. The molecular formula is C13H20FNO3. The first kappa shape index (κ1) is 14.9. The predicted octanol–water partition coefficient (Wildman–Crippen LogP) is 1.41. The van der Waals surface area contributed by atoms with Gasteiger partial charge >= 0.3 is 0 Å². The number of phenols is 1. The highest BCUT2D eigenvalue weighted by atomic mass is 19.1. The quantitative estimate of drug-likeness (QED) is 0.691. The molecule has 0 spiro atoms. The van der Waals surface area contributed by atoms with Crippen LogP contribution in [-0.2, 0) is 11.3 Å². The zero-order valence-corrected chi connectivity index (χ0v) is 10.7. The van der Waals surface area contributed by atoms with Crippen molar-refractivity contribution in [1.29, 1.82) is 0 Å². The first-order valence-electron chi connectivity index (χ1n) is 5.84. The van der Waals surface area contributed by atoms with Crippen LogP contribution in [0.2, 0.25) is 0 Å². The molecule has 0 heterocycles. The van der Waals surface area contributed by atoms with Crippen LogP contribution in [0.3, 0.4) is 0 Å². The van der Waals surface area contributed by atoms with E-state index in [2.05, 4.69) is 5.32 Å². The second kappa shape index (κ2) is 6.68. The van der Waals surface area contributed by atoms with Gasteiger partial charge in [0, 0.05) is 38.8 Å². The lowest BCUT2D eigenvalue weighted by Crippen LogP contribution is -2.38. The highest BCUT2D eigenvalue weighted by Crippen LogP contribution is 2.20. The second-order valence-corrected chi connectivity index (χ2v) is 4.59. The van der Waals surface area contributed by atoms with Gasteiger partial charge in [-0.1, -0.05) is 12.1 Å². The Balaban J connectivity index is 2.44. The van der Waals surface area contributed by atoms with Gasteiger partial charge in [-0.2, -0.15) is 0 Å². The van der Waals surface area contributed by atoms with E-state index in [0.29, 0.717) is 31.7 Å². The summed E-state index contributed by atoms with van der Waals surface area (Å²) in [6.45, 7) is 2.81. The van der Waals surface area contributed by atoms with Crippen LogP contribution in [-0.4, -0.2) is 36.1 Å². The molecule has 18 heavy (non-hydrogen) atoms.